The van der Waals surface area contributed by atoms with Crippen LogP contribution in [-0.4, -0.2) is 17.5 Å². The van der Waals surface area contributed by atoms with Crippen LogP contribution in [0, 0.1) is 13.8 Å². The molecule has 5 heteroatoms. The Bertz CT molecular complexity index is 1190. The van der Waals surface area contributed by atoms with E-state index in [0.717, 1.165) is 40.5 Å². The third-order valence-electron chi connectivity index (χ3n) is 6.10. The SMILES string of the molecule is Cc1ccc([C@H]2Oc3ccccc3[C@@H]3CC(c4ccc5c(c4)OCO5)=NN23)c(C)c1. The monoisotopic (exact) mass is 398 g/mol. The molecule has 5 nitrogen and oxygen atoms in total. The highest BCUT2D eigenvalue weighted by atomic mass is 16.7. The van der Waals surface area contributed by atoms with Gasteiger partial charge in [-0.15, -0.1) is 0 Å². The van der Waals surface area contributed by atoms with Crippen LogP contribution in [0.4, 0.5) is 0 Å². The smallest absolute Gasteiger partial charge is 0.231 e. The maximum atomic E-state index is 6.48. The average Bonchev–Trinajstić information content (AvgIpc) is 3.40. The standard InChI is InChI=1S/C25H22N2O3/c1-15-7-9-18(16(2)11-15)25-27-21(19-5-3-4-6-22(19)30-25)13-20(26-27)17-8-10-23-24(12-17)29-14-28-23/h3-12,21,25H,13-14H2,1-2H3/t21-,25+/m0/s1. The van der Waals surface area contributed by atoms with Gasteiger partial charge in [0.15, 0.2) is 11.5 Å². The second kappa shape index (κ2) is 6.52. The molecule has 0 radical (unpaired) electrons. The number of hydrazone groups is 1. The fraction of sp³-hybridized carbons (Fsp3) is 0.240. The average molecular weight is 398 g/mol. The van der Waals surface area contributed by atoms with Crippen LogP contribution in [0.5, 0.6) is 17.2 Å². The molecule has 0 fully saturated rings. The van der Waals surface area contributed by atoms with Gasteiger partial charge in [0.05, 0.1) is 11.8 Å². The molecule has 0 N–H and O–H groups in total. The van der Waals surface area contributed by atoms with Crippen LogP contribution >= 0.6 is 0 Å². The predicted octanol–water partition coefficient (Wildman–Crippen LogP) is 5.27. The van der Waals surface area contributed by atoms with Crippen molar-refractivity contribution < 1.29 is 14.2 Å². The van der Waals surface area contributed by atoms with Crippen LogP contribution in [0.25, 0.3) is 0 Å². The Labute approximate surface area is 175 Å². The third kappa shape index (κ3) is 2.65. The highest BCUT2D eigenvalue weighted by Gasteiger charge is 2.41. The van der Waals surface area contributed by atoms with Crippen LogP contribution in [-0.2, 0) is 0 Å². The normalized spacial score (nSPS) is 21.0. The lowest BCUT2D eigenvalue weighted by molar-refractivity contribution is -0.0194. The van der Waals surface area contributed by atoms with Crippen molar-refractivity contribution in [2.75, 3.05) is 6.79 Å². The topological polar surface area (TPSA) is 43.3 Å². The maximum Gasteiger partial charge on any atom is 0.231 e. The maximum absolute atomic E-state index is 6.48. The van der Waals surface area contributed by atoms with Gasteiger partial charge in [0, 0.05) is 23.1 Å². The first kappa shape index (κ1) is 17.4. The van der Waals surface area contributed by atoms with Gasteiger partial charge >= 0.3 is 0 Å². The Morgan fingerprint density at radius 3 is 2.63 bits per heavy atom. The molecule has 6 rings (SSSR count). The van der Waals surface area contributed by atoms with Gasteiger partial charge in [-0.1, -0.05) is 42.0 Å². The summed E-state index contributed by atoms with van der Waals surface area (Å²) in [6.07, 6.45) is 0.568. The second-order valence-corrected chi connectivity index (χ2v) is 8.08. The summed E-state index contributed by atoms with van der Waals surface area (Å²) in [7, 11) is 0. The molecule has 0 aliphatic carbocycles. The zero-order valence-electron chi connectivity index (χ0n) is 17.0. The van der Waals surface area contributed by atoms with Crippen molar-refractivity contribution in [2.45, 2.75) is 32.5 Å². The highest BCUT2D eigenvalue weighted by Crippen LogP contribution is 2.48. The number of para-hydroxylation sites is 1. The number of hydrogen-bond acceptors (Lipinski definition) is 5. The van der Waals surface area contributed by atoms with E-state index in [0.29, 0.717) is 0 Å². The summed E-state index contributed by atoms with van der Waals surface area (Å²) in [6.45, 7) is 4.53. The Morgan fingerprint density at radius 2 is 1.73 bits per heavy atom. The number of rotatable bonds is 2. The van der Waals surface area contributed by atoms with Gasteiger partial charge in [-0.05, 0) is 43.7 Å². The van der Waals surface area contributed by atoms with Crippen molar-refractivity contribution >= 4 is 5.71 Å². The molecule has 30 heavy (non-hydrogen) atoms. The van der Waals surface area contributed by atoms with E-state index >= 15 is 0 Å². The Morgan fingerprint density at radius 1 is 0.867 bits per heavy atom. The van der Waals surface area contributed by atoms with Crippen LogP contribution in [0.15, 0.2) is 65.8 Å². The van der Waals surface area contributed by atoms with E-state index in [1.807, 2.05) is 18.2 Å². The van der Waals surface area contributed by atoms with Crippen molar-refractivity contribution in [3.63, 3.8) is 0 Å². The quantitative estimate of drug-likeness (QED) is 0.589. The molecule has 3 aliphatic rings. The summed E-state index contributed by atoms with van der Waals surface area (Å²) in [5, 5.41) is 7.18. The van der Waals surface area contributed by atoms with Crippen molar-refractivity contribution in [1.82, 2.24) is 5.01 Å². The van der Waals surface area contributed by atoms with Crippen molar-refractivity contribution in [2.24, 2.45) is 5.10 Å². The van der Waals surface area contributed by atoms with Crippen LogP contribution in [0.2, 0.25) is 0 Å². The van der Waals surface area contributed by atoms with Gasteiger partial charge in [0.25, 0.3) is 0 Å². The Kier molecular flexibility index (Phi) is 3.78. The fourth-order valence-electron chi connectivity index (χ4n) is 4.59. The van der Waals surface area contributed by atoms with E-state index in [1.54, 1.807) is 0 Å². The lowest BCUT2D eigenvalue weighted by atomic mass is 9.95. The molecule has 0 unspecified atom stereocenters. The van der Waals surface area contributed by atoms with E-state index in [4.69, 9.17) is 19.3 Å². The summed E-state index contributed by atoms with van der Waals surface area (Å²) in [6, 6.07) is 21.0. The Balaban J connectivity index is 1.44. The zero-order valence-corrected chi connectivity index (χ0v) is 17.0. The van der Waals surface area contributed by atoms with Crippen molar-refractivity contribution in [3.8, 4) is 17.2 Å². The predicted molar refractivity (Wildman–Crippen MR) is 114 cm³/mol. The molecule has 0 aromatic heterocycles. The third-order valence-corrected chi connectivity index (χ3v) is 6.10. The first-order valence-corrected chi connectivity index (χ1v) is 10.3. The number of fused-ring (bicyclic) bond motifs is 4. The van der Waals surface area contributed by atoms with Gasteiger partial charge in [-0.25, -0.2) is 5.01 Å². The summed E-state index contributed by atoms with van der Waals surface area (Å²) in [5.41, 5.74) is 6.88. The lowest BCUT2D eigenvalue weighted by Crippen LogP contribution is -2.34. The molecule has 150 valence electrons. The van der Waals surface area contributed by atoms with E-state index in [1.165, 1.54) is 16.7 Å². The number of ether oxygens (including phenoxy) is 3. The lowest BCUT2D eigenvalue weighted by Gasteiger charge is -2.38. The van der Waals surface area contributed by atoms with Crippen LogP contribution in [0.3, 0.4) is 0 Å². The molecular weight excluding hydrogens is 376 g/mol. The van der Waals surface area contributed by atoms with E-state index in [-0.39, 0.29) is 19.1 Å². The summed E-state index contributed by atoms with van der Waals surface area (Å²) in [5.74, 6) is 2.51. The summed E-state index contributed by atoms with van der Waals surface area (Å²) in [4.78, 5) is 0. The molecule has 3 heterocycles. The van der Waals surface area contributed by atoms with E-state index in [9.17, 15) is 0 Å². The van der Waals surface area contributed by atoms with Gasteiger partial charge in [-0.3, -0.25) is 0 Å². The molecular formula is C25H22N2O3. The van der Waals surface area contributed by atoms with Gasteiger partial charge in [-0.2, -0.15) is 5.10 Å². The minimum absolute atomic E-state index is 0.140. The van der Waals surface area contributed by atoms with E-state index < -0.39 is 0 Å². The van der Waals surface area contributed by atoms with Gasteiger partial charge in [0.2, 0.25) is 13.0 Å². The molecule has 0 amide bonds. The van der Waals surface area contributed by atoms with Gasteiger partial charge < -0.3 is 14.2 Å². The highest BCUT2D eigenvalue weighted by molar-refractivity contribution is 6.02. The fourth-order valence-corrected chi connectivity index (χ4v) is 4.59. The number of hydrogen-bond donors (Lipinski definition) is 0. The Hall–Kier alpha value is -3.47. The zero-order chi connectivity index (χ0) is 20.2. The molecule has 0 bridgehead atoms. The summed E-state index contributed by atoms with van der Waals surface area (Å²) >= 11 is 0. The first-order chi connectivity index (χ1) is 14.7. The minimum atomic E-state index is -0.253. The largest absolute Gasteiger partial charge is 0.464 e. The first-order valence-electron chi connectivity index (χ1n) is 10.3. The molecule has 3 aromatic carbocycles. The van der Waals surface area contributed by atoms with Crippen LogP contribution in [0.1, 0.15) is 46.5 Å². The van der Waals surface area contributed by atoms with Crippen molar-refractivity contribution in [1.29, 1.82) is 0 Å². The number of nitrogens with zero attached hydrogens (tertiary/aromatic N) is 2. The van der Waals surface area contributed by atoms with E-state index in [2.05, 4.69) is 61.3 Å². The molecule has 2 atom stereocenters. The van der Waals surface area contributed by atoms with Crippen molar-refractivity contribution in [3.05, 3.63) is 88.5 Å². The van der Waals surface area contributed by atoms with Crippen LogP contribution < -0.4 is 14.2 Å². The minimum Gasteiger partial charge on any atom is -0.464 e. The molecule has 0 saturated carbocycles. The summed E-state index contributed by atoms with van der Waals surface area (Å²) < 4.78 is 17.5. The molecule has 0 saturated heterocycles. The number of benzene rings is 3. The molecule has 0 spiro atoms. The molecule has 3 aliphatic heterocycles. The number of aryl methyl sites for hydroxylation is 2. The second-order valence-electron chi connectivity index (χ2n) is 8.08. The van der Waals surface area contributed by atoms with Gasteiger partial charge in [0.1, 0.15) is 5.75 Å². The molecule has 3 aromatic rings.